The summed E-state index contributed by atoms with van der Waals surface area (Å²) < 4.78 is 5.46. The first-order valence-corrected chi connectivity index (χ1v) is 14.8. The van der Waals surface area contributed by atoms with E-state index in [0.29, 0.717) is 5.92 Å². The van der Waals surface area contributed by atoms with E-state index in [1.165, 1.54) is 43.4 Å². The molecule has 1 aromatic carbocycles. The summed E-state index contributed by atoms with van der Waals surface area (Å²) in [6.07, 6.45) is 12.2. The molecule has 0 spiro atoms. The summed E-state index contributed by atoms with van der Waals surface area (Å²) in [7, 11) is 3.70. The summed E-state index contributed by atoms with van der Waals surface area (Å²) in [6.45, 7) is 3.10. The first-order valence-electron chi connectivity index (χ1n) is 13.7. The molecule has 2 heterocycles. The van der Waals surface area contributed by atoms with Gasteiger partial charge in [0.15, 0.2) is 0 Å². The van der Waals surface area contributed by atoms with Crippen molar-refractivity contribution >= 4 is 28.6 Å². The lowest BCUT2D eigenvalue weighted by Gasteiger charge is -2.39. The number of hydrogen-bond donors (Lipinski definition) is 2. The number of hydrogen-bond acceptors (Lipinski definition) is 6. The minimum Gasteiger partial charge on any atom is -0.497 e. The van der Waals surface area contributed by atoms with Crippen molar-refractivity contribution in [2.45, 2.75) is 69.1 Å². The monoisotopic (exact) mass is 513 g/mol. The summed E-state index contributed by atoms with van der Waals surface area (Å²) in [5, 5.41) is 15.1. The highest BCUT2D eigenvalue weighted by Crippen LogP contribution is 2.35. The van der Waals surface area contributed by atoms with Gasteiger partial charge in [-0.1, -0.05) is 19.3 Å². The summed E-state index contributed by atoms with van der Waals surface area (Å²) in [4.78, 5) is 18.8. The Bertz CT molecular complexity index is 981. The number of nitrogens with zero attached hydrogens (tertiary/aromatic N) is 2. The van der Waals surface area contributed by atoms with Gasteiger partial charge in [0.2, 0.25) is 0 Å². The number of carboxylic acids is 1. The van der Waals surface area contributed by atoms with Crippen molar-refractivity contribution in [3.05, 3.63) is 36.0 Å². The molecule has 36 heavy (non-hydrogen) atoms. The molecule has 2 fully saturated rings. The van der Waals surface area contributed by atoms with E-state index >= 15 is 0 Å². The van der Waals surface area contributed by atoms with Crippen LogP contribution in [-0.2, 0) is 4.79 Å². The first kappa shape index (κ1) is 27.2. The lowest BCUT2D eigenvalue weighted by atomic mass is 9.79. The second kappa shape index (κ2) is 13.6. The Morgan fingerprint density at radius 1 is 1.22 bits per heavy atom. The number of benzene rings is 1. The number of aliphatic carboxylic acids is 1. The Balaban J connectivity index is 1.35. The van der Waals surface area contributed by atoms with Crippen LogP contribution < -0.4 is 10.1 Å². The van der Waals surface area contributed by atoms with E-state index in [1.54, 1.807) is 7.11 Å². The molecule has 0 bridgehead atoms. The van der Waals surface area contributed by atoms with Gasteiger partial charge in [-0.05, 0) is 87.4 Å². The first-order chi connectivity index (χ1) is 17.6. The molecular formula is C29H43N3O3S. The molecule has 2 aliphatic rings. The van der Waals surface area contributed by atoms with E-state index in [2.05, 4.69) is 39.1 Å². The lowest BCUT2D eigenvalue weighted by Crippen LogP contribution is -2.42. The average Bonchev–Trinajstić information content (AvgIpc) is 2.90. The molecule has 0 radical (unpaired) electrons. The van der Waals surface area contributed by atoms with E-state index in [4.69, 9.17) is 4.74 Å². The normalized spacial score (nSPS) is 22.5. The van der Waals surface area contributed by atoms with Gasteiger partial charge in [-0.25, -0.2) is 0 Å². The van der Waals surface area contributed by atoms with E-state index in [9.17, 15) is 9.90 Å². The number of carboxylic acid groups (broad SMARTS) is 1. The number of piperidine rings is 1. The molecule has 2 aromatic rings. The molecule has 7 heteroatoms. The van der Waals surface area contributed by atoms with Crippen molar-refractivity contribution in [2.24, 2.45) is 11.8 Å². The standard InChI is InChI=1S/C29H43N3O3S/c1-30-27(25-12-14-31-28-11-9-23(35-2)19-26(25)28)10-8-21-13-15-32(20-22(21)18-29(33)34)16-17-36-24-6-4-3-5-7-24/h9,11-12,14,19,21-22,24,27,30H,3-8,10,13,15-18,20H2,1-2H3,(H,33,34)/t21-,22+,27-/m1/s1. The maximum Gasteiger partial charge on any atom is 0.303 e. The number of likely N-dealkylation sites (tertiary alicyclic amines) is 1. The highest BCUT2D eigenvalue weighted by molar-refractivity contribution is 7.99. The Morgan fingerprint density at radius 3 is 2.81 bits per heavy atom. The maximum atomic E-state index is 11.7. The van der Waals surface area contributed by atoms with Crippen LogP contribution >= 0.6 is 11.8 Å². The van der Waals surface area contributed by atoms with Crippen molar-refractivity contribution in [2.75, 3.05) is 39.5 Å². The molecule has 0 amide bonds. The van der Waals surface area contributed by atoms with Crippen molar-refractivity contribution in [3.63, 3.8) is 0 Å². The zero-order chi connectivity index (χ0) is 25.3. The van der Waals surface area contributed by atoms with E-state index < -0.39 is 5.97 Å². The van der Waals surface area contributed by atoms with Crippen LogP contribution in [-0.4, -0.2) is 65.8 Å². The molecule has 0 unspecified atom stereocenters. The fourth-order valence-corrected chi connectivity index (χ4v) is 7.55. The number of fused-ring (bicyclic) bond motifs is 1. The lowest BCUT2D eigenvalue weighted by molar-refractivity contribution is -0.139. The number of nitrogens with one attached hydrogen (secondary N) is 1. The zero-order valence-corrected chi connectivity index (χ0v) is 22.8. The van der Waals surface area contributed by atoms with Gasteiger partial charge >= 0.3 is 5.97 Å². The van der Waals surface area contributed by atoms with Crippen LogP contribution in [0.4, 0.5) is 0 Å². The average molecular weight is 514 g/mol. The van der Waals surface area contributed by atoms with Crippen molar-refractivity contribution < 1.29 is 14.6 Å². The quantitative estimate of drug-likeness (QED) is 0.374. The van der Waals surface area contributed by atoms with Crippen molar-refractivity contribution in [1.82, 2.24) is 15.2 Å². The number of ether oxygens (including phenoxy) is 1. The molecule has 6 nitrogen and oxygen atoms in total. The summed E-state index contributed by atoms with van der Waals surface area (Å²) in [6, 6.07) is 8.32. The molecule has 3 atom stereocenters. The highest BCUT2D eigenvalue weighted by Gasteiger charge is 2.31. The van der Waals surface area contributed by atoms with Crippen molar-refractivity contribution in [1.29, 1.82) is 0 Å². The van der Waals surface area contributed by atoms with Gasteiger partial charge in [0, 0.05) is 48.1 Å². The predicted molar refractivity (Wildman–Crippen MR) is 149 cm³/mol. The third-order valence-electron chi connectivity index (χ3n) is 8.26. The molecule has 4 rings (SSSR count). The van der Waals surface area contributed by atoms with Gasteiger partial charge in [0.25, 0.3) is 0 Å². The van der Waals surface area contributed by atoms with Gasteiger partial charge in [-0.3, -0.25) is 9.78 Å². The van der Waals surface area contributed by atoms with Gasteiger partial charge < -0.3 is 20.1 Å². The second-order valence-corrected chi connectivity index (χ2v) is 11.9. The molecule has 2 N–H and O–H groups in total. The SMILES string of the molecule is CN[C@H](CC[C@@H]1CCN(CCSC2CCCCC2)C[C@@H]1CC(=O)O)c1ccnc2ccc(OC)cc12. The van der Waals surface area contributed by atoms with Gasteiger partial charge in [0.1, 0.15) is 5.75 Å². The van der Waals surface area contributed by atoms with Crippen LogP contribution in [0.3, 0.4) is 0 Å². The Morgan fingerprint density at radius 2 is 2.06 bits per heavy atom. The number of thioether (sulfide) groups is 1. The van der Waals surface area contributed by atoms with Gasteiger partial charge in [0.05, 0.1) is 12.6 Å². The smallest absolute Gasteiger partial charge is 0.303 e. The Hall–Kier alpha value is -1.83. The minimum atomic E-state index is -0.666. The van der Waals surface area contributed by atoms with Crippen LogP contribution in [0.25, 0.3) is 10.9 Å². The fourth-order valence-electron chi connectivity index (χ4n) is 6.19. The van der Waals surface area contributed by atoms with E-state index in [0.717, 1.165) is 60.8 Å². The van der Waals surface area contributed by atoms with Gasteiger partial charge in [-0.2, -0.15) is 11.8 Å². The van der Waals surface area contributed by atoms with Crippen LogP contribution in [0.2, 0.25) is 0 Å². The molecule has 1 saturated heterocycles. The van der Waals surface area contributed by atoms with E-state index in [1.807, 2.05) is 25.4 Å². The second-order valence-electron chi connectivity index (χ2n) is 10.5. The van der Waals surface area contributed by atoms with Crippen LogP contribution in [0.5, 0.6) is 5.75 Å². The number of rotatable bonds is 12. The molecular weight excluding hydrogens is 470 g/mol. The minimum absolute atomic E-state index is 0.193. The Labute approximate surface area is 220 Å². The molecule has 1 aliphatic heterocycles. The van der Waals surface area contributed by atoms with E-state index in [-0.39, 0.29) is 18.4 Å². The zero-order valence-electron chi connectivity index (χ0n) is 22.0. The number of methoxy groups -OCH3 is 1. The molecule has 1 aliphatic carbocycles. The summed E-state index contributed by atoms with van der Waals surface area (Å²) in [5.74, 6) is 2.02. The number of aromatic nitrogens is 1. The predicted octanol–water partition coefficient (Wildman–Crippen LogP) is 5.76. The fraction of sp³-hybridized carbons (Fsp3) is 0.655. The summed E-state index contributed by atoms with van der Waals surface area (Å²) in [5.41, 5.74) is 2.20. The summed E-state index contributed by atoms with van der Waals surface area (Å²) >= 11 is 2.14. The van der Waals surface area contributed by atoms with Crippen LogP contribution in [0, 0.1) is 11.8 Å². The number of carbonyl (C=O) groups is 1. The molecule has 1 saturated carbocycles. The highest BCUT2D eigenvalue weighted by atomic mass is 32.2. The van der Waals surface area contributed by atoms with Crippen molar-refractivity contribution in [3.8, 4) is 5.75 Å². The van der Waals surface area contributed by atoms with Crippen LogP contribution in [0.15, 0.2) is 30.5 Å². The van der Waals surface area contributed by atoms with Gasteiger partial charge in [-0.15, -0.1) is 0 Å². The third kappa shape index (κ3) is 7.36. The third-order valence-corrected chi connectivity index (χ3v) is 9.62. The Kier molecular flexibility index (Phi) is 10.3. The number of pyridine rings is 1. The topological polar surface area (TPSA) is 74.7 Å². The molecule has 198 valence electrons. The maximum absolute atomic E-state index is 11.7. The van der Waals surface area contributed by atoms with Crippen LogP contribution in [0.1, 0.15) is 69.4 Å². The largest absolute Gasteiger partial charge is 0.497 e. The molecule has 1 aromatic heterocycles.